The van der Waals surface area contributed by atoms with Crippen LogP contribution in [-0.2, 0) is 5.67 Å². The van der Waals surface area contributed by atoms with Gasteiger partial charge in [-0.3, -0.25) is 14.9 Å². The van der Waals surface area contributed by atoms with Crippen molar-refractivity contribution >= 4 is 23.0 Å². The zero-order valence-corrected chi connectivity index (χ0v) is 19.7. The number of carbonyl (C=O) groups is 1. The smallest absolute Gasteiger partial charge is 0.372 e. The molecule has 194 valence electrons. The van der Waals surface area contributed by atoms with Gasteiger partial charge in [0.15, 0.2) is 0 Å². The molecule has 0 aromatic heterocycles. The number of alkyl halides is 7. The Kier molecular flexibility index (Phi) is 8.88. The van der Waals surface area contributed by atoms with Crippen LogP contribution >= 0.6 is 0 Å². The largest absolute Gasteiger partial charge is 0.435 e. The van der Waals surface area contributed by atoms with E-state index in [1.165, 1.54) is 17.0 Å². The van der Waals surface area contributed by atoms with Gasteiger partial charge in [0.2, 0.25) is 0 Å². The average molecular weight is 511 g/mol. The monoisotopic (exact) mass is 511 g/mol. The molecule has 0 aliphatic heterocycles. The Morgan fingerprint density at radius 1 is 0.914 bits per heavy atom. The van der Waals surface area contributed by atoms with Gasteiger partial charge in [-0.05, 0) is 37.1 Å². The first-order valence-corrected chi connectivity index (χ1v) is 10.1. The van der Waals surface area contributed by atoms with Crippen LogP contribution in [0.4, 0.5) is 47.8 Å². The van der Waals surface area contributed by atoms with Crippen molar-refractivity contribution in [3.63, 3.8) is 0 Å². The molecule has 2 rings (SSSR count). The fraction of sp³-hybridized carbons (Fsp3) is 0.409. The highest BCUT2D eigenvalue weighted by Gasteiger charge is 2.73. The van der Waals surface area contributed by atoms with E-state index in [-0.39, 0.29) is 28.1 Å². The molecule has 0 bridgehead atoms. The maximum Gasteiger partial charge on any atom is 0.435 e. The van der Waals surface area contributed by atoms with Crippen LogP contribution in [0.5, 0.6) is 0 Å². The number of nitrogens with one attached hydrogen (secondary N) is 1. The highest BCUT2D eigenvalue weighted by molar-refractivity contribution is 6.06. The van der Waals surface area contributed by atoms with Crippen molar-refractivity contribution in [1.82, 2.24) is 0 Å². The molecule has 0 atom stereocenters. The van der Waals surface area contributed by atoms with Crippen LogP contribution in [0.2, 0.25) is 0 Å². The molecule has 0 saturated heterocycles. The van der Waals surface area contributed by atoms with E-state index in [0.717, 1.165) is 19.9 Å². The van der Waals surface area contributed by atoms with Crippen molar-refractivity contribution in [3.05, 3.63) is 62.7 Å². The zero-order chi connectivity index (χ0) is 27.5. The topological polar surface area (TPSA) is 75.5 Å². The van der Waals surface area contributed by atoms with Crippen LogP contribution in [0.3, 0.4) is 0 Å². The standard InChI is InChI=1S/C20H18F7N3O3.C2H6/c1-10-7-13(18(21,19(22,23)24)20(25,26)27)8-11(2)16(10)28-17(31)12-5-6-14(29(3)4)15(9-12)30(32)33;1-2/h5-9H,1-4H3,(H,28,31);1-2H3. The Hall–Kier alpha value is -3.38. The lowest BCUT2D eigenvalue weighted by atomic mass is 9.90. The molecular formula is C22H24F7N3O3. The molecule has 0 aliphatic rings. The van der Waals surface area contributed by atoms with Gasteiger partial charge >= 0.3 is 18.0 Å². The van der Waals surface area contributed by atoms with Crippen molar-refractivity contribution in [2.75, 3.05) is 24.3 Å². The summed E-state index contributed by atoms with van der Waals surface area (Å²) in [5.74, 6) is -0.902. The maximum atomic E-state index is 14.4. The van der Waals surface area contributed by atoms with Gasteiger partial charge in [0.25, 0.3) is 11.6 Å². The number of nitro benzene ring substituents is 1. The number of rotatable bonds is 5. The second kappa shape index (κ2) is 10.5. The maximum absolute atomic E-state index is 14.4. The number of amides is 1. The summed E-state index contributed by atoms with van der Waals surface area (Å²) in [6.07, 6.45) is -12.6. The first kappa shape index (κ1) is 29.7. The summed E-state index contributed by atoms with van der Waals surface area (Å²) < 4.78 is 92.7. The number of benzene rings is 2. The highest BCUT2D eigenvalue weighted by atomic mass is 19.4. The molecule has 1 N–H and O–H groups in total. The van der Waals surface area contributed by atoms with Gasteiger partial charge in [0.05, 0.1) is 4.92 Å². The molecule has 0 aliphatic carbocycles. The molecule has 0 unspecified atom stereocenters. The molecule has 0 heterocycles. The van der Waals surface area contributed by atoms with E-state index in [0.29, 0.717) is 12.1 Å². The molecule has 0 saturated carbocycles. The average Bonchev–Trinajstić information content (AvgIpc) is 2.74. The zero-order valence-electron chi connectivity index (χ0n) is 19.7. The normalized spacial score (nSPS) is 11.9. The van der Waals surface area contributed by atoms with Crippen LogP contribution in [-0.4, -0.2) is 37.3 Å². The number of nitrogens with zero attached hydrogens (tertiary/aromatic N) is 2. The lowest BCUT2D eigenvalue weighted by molar-refractivity contribution is -0.384. The number of halogens is 7. The fourth-order valence-corrected chi connectivity index (χ4v) is 3.22. The fourth-order valence-electron chi connectivity index (χ4n) is 3.22. The summed E-state index contributed by atoms with van der Waals surface area (Å²) in [5.41, 5.74) is -8.36. The third kappa shape index (κ3) is 5.82. The van der Waals surface area contributed by atoms with Crippen LogP contribution < -0.4 is 10.2 Å². The van der Waals surface area contributed by atoms with E-state index in [1.54, 1.807) is 14.1 Å². The minimum absolute atomic E-state index is 0.158. The summed E-state index contributed by atoms with van der Waals surface area (Å²) in [4.78, 5) is 24.6. The van der Waals surface area contributed by atoms with Gasteiger partial charge in [0.1, 0.15) is 5.69 Å². The van der Waals surface area contributed by atoms with Crippen molar-refractivity contribution in [2.24, 2.45) is 0 Å². The van der Waals surface area contributed by atoms with Gasteiger partial charge in [-0.15, -0.1) is 0 Å². The van der Waals surface area contributed by atoms with E-state index < -0.39 is 40.1 Å². The lowest BCUT2D eigenvalue weighted by Gasteiger charge is -2.31. The third-order valence-corrected chi connectivity index (χ3v) is 4.87. The molecule has 2 aromatic carbocycles. The Labute approximate surface area is 196 Å². The Bertz CT molecular complexity index is 1060. The predicted octanol–water partition coefficient (Wildman–Crippen LogP) is 6.85. The van der Waals surface area contributed by atoms with Gasteiger partial charge in [0, 0.05) is 37.0 Å². The number of carbonyl (C=O) groups excluding carboxylic acids is 1. The number of hydrogen-bond donors (Lipinski definition) is 1. The second-order valence-corrected chi connectivity index (χ2v) is 7.45. The first-order chi connectivity index (χ1) is 15.9. The van der Waals surface area contributed by atoms with E-state index in [2.05, 4.69) is 5.32 Å². The highest BCUT2D eigenvalue weighted by Crippen LogP contribution is 2.53. The third-order valence-electron chi connectivity index (χ3n) is 4.87. The van der Waals surface area contributed by atoms with E-state index in [9.17, 15) is 45.6 Å². The summed E-state index contributed by atoms with van der Waals surface area (Å²) in [5, 5.41) is 13.6. The van der Waals surface area contributed by atoms with Gasteiger partial charge in [-0.25, -0.2) is 4.39 Å². The van der Waals surface area contributed by atoms with Crippen LogP contribution in [0.1, 0.15) is 40.9 Å². The van der Waals surface area contributed by atoms with Crippen molar-refractivity contribution in [3.8, 4) is 0 Å². The number of hydrogen-bond acceptors (Lipinski definition) is 4. The van der Waals surface area contributed by atoms with Gasteiger partial charge in [-0.1, -0.05) is 26.0 Å². The summed E-state index contributed by atoms with van der Waals surface area (Å²) in [6, 6.07) is 4.24. The Balaban J connectivity index is 0.00000298. The molecule has 2 aromatic rings. The molecule has 1 amide bonds. The van der Waals surface area contributed by atoms with Crippen LogP contribution in [0.25, 0.3) is 0 Å². The Morgan fingerprint density at radius 2 is 1.37 bits per heavy atom. The number of nitro groups is 1. The minimum atomic E-state index is -6.28. The Morgan fingerprint density at radius 3 is 1.74 bits per heavy atom. The number of anilines is 2. The predicted molar refractivity (Wildman–Crippen MR) is 118 cm³/mol. The molecule has 13 heteroatoms. The summed E-state index contributed by atoms with van der Waals surface area (Å²) >= 11 is 0. The van der Waals surface area contributed by atoms with Crippen LogP contribution in [0.15, 0.2) is 30.3 Å². The number of aryl methyl sites for hydroxylation is 2. The summed E-state index contributed by atoms with van der Waals surface area (Å²) in [7, 11) is 3.09. The van der Waals surface area contributed by atoms with Crippen molar-refractivity contribution < 1.29 is 40.5 Å². The quantitative estimate of drug-likeness (QED) is 0.271. The van der Waals surface area contributed by atoms with E-state index in [4.69, 9.17) is 0 Å². The second-order valence-electron chi connectivity index (χ2n) is 7.45. The minimum Gasteiger partial charge on any atom is -0.372 e. The SMILES string of the molecule is CC.Cc1cc(C(F)(C(F)(F)F)C(F)(F)F)cc(C)c1NC(=O)c1ccc(N(C)C)c([N+](=O)[O-])c1. The first-order valence-electron chi connectivity index (χ1n) is 10.1. The van der Waals surface area contributed by atoms with Crippen molar-refractivity contribution in [1.29, 1.82) is 0 Å². The molecule has 35 heavy (non-hydrogen) atoms. The van der Waals surface area contributed by atoms with E-state index >= 15 is 0 Å². The van der Waals surface area contributed by atoms with Crippen molar-refractivity contribution in [2.45, 2.75) is 45.7 Å². The molecule has 6 nitrogen and oxygen atoms in total. The summed E-state index contributed by atoms with van der Waals surface area (Å²) in [6.45, 7) is 6.19. The van der Waals surface area contributed by atoms with Crippen LogP contribution in [0, 0.1) is 24.0 Å². The molecule has 0 spiro atoms. The molecular weight excluding hydrogens is 487 g/mol. The van der Waals surface area contributed by atoms with Gasteiger partial charge < -0.3 is 10.2 Å². The molecule has 0 radical (unpaired) electrons. The van der Waals surface area contributed by atoms with Gasteiger partial charge in [-0.2, -0.15) is 26.3 Å². The molecule has 0 fully saturated rings. The lowest BCUT2D eigenvalue weighted by Crippen LogP contribution is -2.50. The van der Waals surface area contributed by atoms with E-state index in [1.807, 2.05) is 13.8 Å².